The molecule has 0 radical (unpaired) electrons. The summed E-state index contributed by atoms with van der Waals surface area (Å²) >= 11 is 0. The van der Waals surface area contributed by atoms with Gasteiger partial charge in [-0.25, -0.2) is 0 Å². The van der Waals surface area contributed by atoms with Crippen LogP contribution in [-0.4, -0.2) is 36.8 Å². The Morgan fingerprint density at radius 2 is 1.88 bits per heavy atom. The lowest BCUT2D eigenvalue weighted by Gasteiger charge is -2.51. The minimum atomic E-state index is -0.846. The summed E-state index contributed by atoms with van der Waals surface area (Å²) in [5.41, 5.74) is 2.55. The number of benzene rings is 2. The van der Waals surface area contributed by atoms with Crippen LogP contribution in [0.5, 0.6) is 5.75 Å². The van der Waals surface area contributed by atoms with Crippen LogP contribution in [0.15, 0.2) is 48.5 Å². The molecule has 0 aliphatic carbocycles. The average molecular weight is 351 g/mol. The second-order valence-corrected chi connectivity index (χ2v) is 8.01. The van der Waals surface area contributed by atoms with E-state index in [4.69, 9.17) is 4.74 Å². The van der Waals surface area contributed by atoms with Gasteiger partial charge in [0.15, 0.2) is 0 Å². The highest BCUT2D eigenvalue weighted by Crippen LogP contribution is 2.46. The molecule has 3 heterocycles. The Bertz CT molecular complexity index is 766. The van der Waals surface area contributed by atoms with E-state index in [9.17, 15) is 5.11 Å². The first-order chi connectivity index (χ1) is 12.6. The van der Waals surface area contributed by atoms with Crippen molar-refractivity contribution < 1.29 is 9.84 Å². The molecule has 2 aromatic carbocycles. The third kappa shape index (κ3) is 3.15. The molecule has 2 atom stereocenters. The van der Waals surface area contributed by atoms with E-state index in [1.54, 1.807) is 7.11 Å². The standard InChI is InChI=1S/C23H29NO2/c1-17-6-3-4-9-21(17)23(25,15-18-7-5-8-20(14-18)26-2)22-16-24-12-10-19(22)11-13-24/h3-9,14,19,22,25H,10-13,15-16H2,1-2H3. The van der Waals surface area contributed by atoms with E-state index in [1.165, 1.54) is 31.5 Å². The van der Waals surface area contributed by atoms with Crippen LogP contribution in [-0.2, 0) is 12.0 Å². The smallest absolute Gasteiger partial charge is 0.119 e. The molecule has 3 aliphatic heterocycles. The number of hydrogen-bond acceptors (Lipinski definition) is 3. The Balaban J connectivity index is 1.75. The number of methoxy groups -OCH3 is 1. The fourth-order valence-electron chi connectivity index (χ4n) is 5.08. The lowest BCUT2D eigenvalue weighted by atomic mass is 9.65. The summed E-state index contributed by atoms with van der Waals surface area (Å²) in [6, 6.07) is 16.5. The first kappa shape index (κ1) is 17.6. The van der Waals surface area contributed by atoms with Crippen LogP contribution in [0.3, 0.4) is 0 Å². The van der Waals surface area contributed by atoms with Gasteiger partial charge in [0.25, 0.3) is 0 Å². The van der Waals surface area contributed by atoms with E-state index in [2.05, 4.69) is 48.2 Å². The second-order valence-electron chi connectivity index (χ2n) is 8.01. The van der Waals surface area contributed by atoms with E-state index in [0.29, 0.717) is 12.3 Å². The summed E-state index contributed by atoms with van der Waals surface area (Å²) in [5.74, 6) is 1.73. The average Bonchev–Trinajstić information content (AvgIpc) is 2.69. The third-order valence-electron chi connectivity index (χ3n) is 6.49. The normalized spacial score (nSPS) is 27.1. The zero-order valence-electron chi connectivity index (χ0n) is 15.8. The molecule has 2 bridgehead atoms. The quantitative estimate of drug-likeness (QED) is 0.890. The number of ether oxygens (including phenoxy) is 1. The van der Waals surface area contributed by atoms with E-state index in [0.717, 1.165) is 23.4 Å². The van der Waals surface area contributed by atoms with E-state index >= 15 is 0 Å². The number of fused-ring (bicyclic) bond motifs is 3. The number of hydrogen-bond donors (Lipinski definition) is 1. The summed E-state index contributed by atoms with van der Waals surface area (Å²) in [7, 11) is 1.69. The molecule has 2 aromatic rings. The zero-order valence-corrected chi connectivity index (χ0v) is 15.8. The number of aryl methyl sites for hydroxylation is 1. The van der Waals surface area contributed by atoms with Crippen molar-refractivity contribution in [2.75, 3.05) is 26.7 Å². The topological polar surface area (TPSA) is 32.7 Å². The highest BCUT2D eigenvalue weighted by Gasteiger charge is 2.48. The Morgan fingerprint density at radius 1 is 1.12 bits per heavy atom. The van der Waals surface area contributed by atoms with Crippen LogP contribution in [0.2, 0.25) is 0 Å². The van der Waals surface area contributed by atoms with Gasteiger partial charge >= 0.3 is 0 Å². The maximum absolute atomic E-state index is 12.2. The SMILES string of the molecule is COc1cccc(CC(O)(c2ccccc2C)C2CN3CCC2CC3)c1. The summed E-state index contributed by atoms with van der Waals surface area (Å²) in [6.07, 6.45) is 3.04. The predicted molar refractivity (Wildman–Crippen MR) is 104 cm³/mol. The number of piperidine rings is 3. The molecule has 1 N–H and O–H groups in total. The van der Waals surface area contributed by atoms with E-state index in [1.807, 2.05) is 12.1 Å². The molecule has 3 fully saturated rings. The van der Waals surface area contributed by atoms with Crippen molar-refractivity contribution in [3.8, 4) is 5.75 Å². The van der Waals surface area contributed by atoms with Gasteiger partial charge in [-0.3, -0.25) is 0 Å². The Hall–Kier alpha value is -1.84. The largest absolute Gasteiger partial charge is 0.497 e. The monoisotopic (exact) mass is 351 g/mol. The Labute approximate surface area is 156 Å². The predicted octanol–water partition coefficient (Wildman–Crippen LogP) is 3.78. The zero-order chi connectivity index (χ0) is 18.1. The molecule has 3 nitrogen and oxygen atoms in total. The highest BCUT2D eigenvalue weighted by molar-refractivity contribution is 5.36. The Kier molecular flexibility index (Phi) is 4.76. The molecule has 0 spiro atoms. The molecule has 138 valence electrons. The maximum Gasteiger partial charge on any atom is 0.119 e. The van der Waals surface area contributed by atoms with Crippen molar-refractivity contribution in [1.82, 2.24) is 4.90 Å². The molecule has 3 saturated heterocycles. The van der Waals surface area contributed by atoms with Crippen LogP contribution >= 0.6 is 0 Å². The molecular formula is C23H29NO2. The van der Waals surface area contributed by atoms with Crippen molar-refractivity contribution in [3.63, 3.8) is 0 Å². The summed E-state index contributed by atoms with van der Waals surface area (Å²) in [6.45, 7) is 5.49. The van der Waals surface area contributed by atoms with Gasteiger partial charge in [0.05, 0.1) is 12.7 Å². The minimum Gasteiger partial charge on any atom is -0.497 e. The lowest BCUT2D eigenvalue weighted by molar-refractivity contribution is -0.102. The molecule has 2 unspecified atom stereocenters. The summed E-state index contributed by atoms with van der Waals surface area (Å²) in [5, 5.41) is 12.2. The van der Waals surface area contributed by atoms with Gasteiger partial charge < -0.3 is 14.7 Å². The van der Waals surface area contributed by atoms with E-state index < -0.39 is 5.60 Å². The van der Waals surface area contributed by atoms with Gasteiger partial charge in [-0.15, -0.1) is 0 Å². The van der Waals surface area contributed by atoms with Crippen LogP contribution in [0.1, 0.15) is 29.5 Å². The molecule has 0 saturated carbocycles. The van der Waals surface area contributed by atoms with Gasteiger partial charge in [-0.2, -0.15) is 0 Å². The molecule has 3 aliphatic rings. The summed E-state index contributed by atoms with van der Waals surface area (Å²) < 4.78 is 5.40. The van der Waals surface area contributed by atoms with Crippen LogP contribution < -0.4 is 4.74 Å². The number of aliphatic hydroxyl groups is 1. The third-order valence-corrected chi connectivity index (χ3v) is 6.49. The fraction of sp³-hybridized carbons (Fsp3) is 0.478. The minimum absolute atomic E-state index is 0.275. The summed E-state index contributed by atoms with van der Waals surface area (Å²) in [4.78, 5) is 2.53. The fourth-order valence-corrected chi connectivity index (χ4v) is 5.08. The number of rotatable bonds is 5. The first-order valence-corrected chi connectivity index (χ1v) is 9.74. The molecule has 3 heteroatoms. The van der Waals surface area contributed by atoms with Gasteiger partial charge in [-0.05, 0) is 67.6 Å². The van der Waals surface area contributed by atoms with Crippen molar-refractivity contribution >= 4 is 0 Å². The van der Waals surface area contributed by atoms with E-state index in [-0.39, 0.29) is 5.92 Å². The van der Waals surface area contributed by atoms with Crippen LogP contribution in [0.4, 0.5) is 0 Å². The van der Waals surface area contributed by atoms with Crippen molar-refractivity contribution in [1.29, 1.82) is 0 Å². The van der Waals surface area contributed by atoms with Gasteiger partial charge in [0.1, 0.15) is 5.75 Å². The Morgan fingerprint density at radius 3 is 2.54 bits per heavy atom. The molecule has 0 aromatic heterocycles. The van der Waals surface area contributed by atoms with Crippen molar-refractivity contribution in [3.05, 3.63) is 65.2 Å². The second kappa shape index (κ2) is 7.05. The number of nitrogens with zero attached hydrogens (tertiary/aromatic N) is 1. The molecule has 5 rings (SSSR count). The van der Waals surface area contributed by atoms with Gasteiger partial charge in [-0.1, -0.05) is 36.4 Å². The lowest BCUT2D eigenvalue weighted by Crippen LogP contribution is -2.56. The van der Waals surface area contributed by atoms with Crippen LogP contribution in [0.25, 0.3) is 0 Å². The van der Waals surface area contributed by atoms with Gasteiger partial charge in [0.2, 0.25) is 0 Å². The molecule has 0 amide bonds. The van der Waals surface area contributed by atoms with Crippen molar-refractivity contribution in [2.24, 2.45) is 11.8 Å². The molecule has 26 heavy (non-hydrogen) atoms. The van der Waals surface area contributed by atoms with Crippen molar-refractivity contribution in [2.45, 2.75) is 31.8 Å². The maximum atomic E-state index is 12.2. The first-order valence-electron chi connectivity index (χ1n) is 9.74. The highest BCUT2D eigenvalue weighted by atomic mass is 16.5. The van der Waals surface area contributed by atoms with Gasteiger partial charge in [0, 0.05) is 18.9 Å². The molecular weight excluding hydrogens is 322 g/mol. The van der Waals surface area contributed by atoms with Crippen LogP contribution in [0, 0.1) is 18.8 Å².